The van der Waals surface area contributed by atoms with Gasteiger partial charge >= 0.3 is 5.97 Å². The molecule has 0 saturated carbocycles. The van der Waals surface area contributed by atoms with Gasteiger partial charge in [-0.2, -0.15) is 11.3 Å². The van der Waals surface area contributed by atoms with E-state index in [1.807, 2.05) is 59.3 Å². The molecule has 0 radical (unpaired) electrons. The second-order valence-electron chi connectivity index (χ2n) is 6.24. The van der Waals surface area contributed by atoms with E-state index in [4.69, 9.17) is 9.15 Å². The third-order valence-electron chi connectivity index (χ3n) is 4.24. The molecule has 2 heterocycles. The number of carbonyl (C=O) groups excluding carboxylic acids is 1. The second-order valence-corrected chi connectivity index (χ2v) is 7.02. The van der Waals surface area contributed by atoms with Crippen LogP contribution in [0, 0.1) is 0 Å². The maximum atomic E-state index is 12.0. The number of nitrogens with zero attached hydrogens (tertiary/aromatic N) is 2. The minimum Gasteiger partial charge on any atom is -0.461 e. The predicted molar refractivity (Wildman–Crippen MR) is 108 cm³/mol. The molecule has 0 spiro atoms. The van der Waals surface area contributed by atoms with E-state index in [1.165, 1.54) is 0 Å². The number of esters is 1. The average Bonchev–Trinajstić information content (AvgIpc) is 3.43. The molecule has 0 aliphatic rings. The van der Waals surface area contributed by atoms with Crippen molar-refractivity contribution in [2.24, 2.45) is 0 Å². The number of thiophene rings is 1. The summed E-state index contributed by atoms with van der Waals surface area (Å²) in [5.74, 6) is 0.621. The van der Waals surface area contributed by atoms with Crippen LogP contribution >= 0.6 is 11.3 Å². The summed E-state index contributed by atoms with van der Waals surface area (Å²) in [4.78, 5) is 12.0. The molecule has 2 aromatic carbocycles. The molecule has 2 aromatic heterocycles. The molecule has 0 aliphatic carbocycles. The van der Waals surface area contributed by atoms with Crippen molar-refractivity contribution in [3.63, 3.8) is 0 Å². The van der Waals surface area contributed by atoms with Crippen molar-refractivity contribution in [3.05, 3.63) is 82.9 Å². The van der Waals surface area contributed by atoms with Crippen LogP contribution in [-0.2, 0) is 22.6 Å². The highest BCUT2D eigenvalue weighted by Gasteiger charge is 2.11. The Kier molecular flexibility index (Phi) is 5.58. The summed E-state index contributed by atoms with van der Waals surface area (Å²) in [6.07, 6.45) is 0.566. The zero-order chi connectivity index (χ0) is 19.2. The first-order chi connectivity index (χ1) is 13.8. The number of carbonyl (C=O) groups is 1. The van der Waals surface area contributed by atoms with Crippen LogP contribution in [-0.4, -0.2) is 16.2 Å². The second kappa shape index (κ2) is 8.63. The summed E-state index contributed by atoms with van der Waals surface area (Å²) < 4.78 is 10.9. The third-order valence-corrected chi connectivity index (χ3v) is 4.92. The van der Waals surface area contributed by atoms with Crippen molar-refractivity contribution in [3.8, 4) is 22.6 Å². The fourth-order valence-electron chi connectivity index (χ4n) is 2.73. The lowest BCUT2D eigenvalue weighted by molar-refractivity contribution is -0.145. The molecule has 6 heteroatoms. The highest BCUT2D eigenvalue weighted by molar-refractivity contribution is 7.08. The SMILES string of the molecule is O=C(CCc1nnc(-c2ccsc2)o1)OCc1ccc(-c2ccccc2)cc1. The van der Waals surface area contributed by atoms with E-state index in [9.17, 15) is 4.79 Å². The number of rotatable bonds is 7. The van der Waals surface area contributed by atoms with Gasteiger partial charge in [0.2, 0.25) is 11.8 Å². The van der Waals surface area contributed by atoms with E-state index < -0.39 is 0 Å². The molecule has 4 aromatic rings. The summed E-state index contributed by atoms with van der Waals surface area (Å²) in [6, 6.07) is 20.1. The Morgan fingerprint density at radius 3 is 2.46 bits per heavy atom. The molecule has 140 valence electrons. The van der Waals surface area contributed by atoms with Crippen LogP contribution in [0.2, 0.25) is 0 Å². The molecule has 0 fully saturated rings. The molecule has 0 unspecified atom stereocenters. The quantitative estimate of drug-likeness (QED) is 0.409. The standard InChI is InChI=1S/C22H18N2O3S/c25-21(11-10-20-23-24-22(27-20)19-12-13-28-15-19)26-14-16-6-8-18(9-7-16)17-4-2-1-3-5-17/h1-9,12-13,15H,10-11,14H2. The smallest absolute Gasteiger partial charge is 0.306 e. The van der Waals surface area contributed by atoms with Gasteiger partial charge in [-0.1, -0.05) is 54.6 Å². The first-order valence-electron chi connectivity index (χ1n) is 8.93. The van der Waals surface area contributed by atoms with Crippen molar-refractivity contribution in [2.45, 2.75) is 19.4 Å². The van der Waals surface area contributed by atoms with Gasteiger partial charge in [0.15, 0.2) is 0 Å². The predicted octanol–water partition coefficient (Wildman–Crippen LogP) is 5.14. The van der Waals surface area contributed by atoms with Crippen molar-refractivity contribution < 1.29 is 13.9 Å². The van der Waals surface area contributed by atoms with E-state index in [0.717, 1.165) is 22.3 Å². The Labute approximate surface area is 166 Å². The Bertz CT molecular complexity index is 1030. The number of ether oxygens (including phenoxy) is 1. The van der Waals surface area contributed by atoms with Gasteiger partial charge in [0, 0.05) is 17.4 Å². The summed E-state index contributed by atoms with van der Waals surface area (Å²) in [7, 11) is 0. The maximum Gasteiger partial charge on any atom is 0.306 e. The molecular formula is C22H18N2O3S. The van der Waals surface area contributed by atoms with Crippen LogP contribution in [0.15, 0.2) is 75.8 Å². The van der Waals surface area contributed by atoms with Gasteiger partial charge in [0.25, 0.3) is 0 Å². The lowest BCUT2D eigenvalue weighted by Gasteiger charge is -2.06. The first-order valence-corrected chi connectivity index (χ1v) is 9.87. The van der Waals surface area contributed by atoms with Crippen LogP contribution in [0.1, 0.15) is 17.9 Å². The Balaban J connectivity index is 1.25. The van der Waals surface area contributed by atoms with Gasteiger partial charge in [-0.05, 0) is 28.1 Å². The minimum atomic E-state index is -0.289. The summed E-state index contributed by atoms with van der Waals surface area (Å²) in [6.45, 7) is 0.248. The first kappa shape index (κ1) is 18.1. The summed E-state index contributed by atoms with van der Waals surface area (Å²) in [5.41, 5.74) is 4.14. The van der Waals surface area contributed by atoms with Gasteiger partial charge < -0.3 is 9.15 Å². The molecule has 0 amide bonds. The van der Waals surface area contributed by atoms with Crippen molar-refractivity contribution >= 4 is 17.3 Å². The molecule has 0 saturated heterocycles. The van der Waals surface area contributed by atoms with Gasteiger partial charge in [0.1, 0.15) is 6.61 Å². The Morgan fingerprint density at radius 2 is 1.71 bits per heavy atom. The molecule has 0 bridgehead atoms. The van der Waals surface area contributed by atoms with Crippen molar-refractivity contribution in [1.82, 2.24) is 10.2 Å². The largest absolute Gasteiger partial charge is 0.461 e. The van der Waals surface area contributed by atoms with Gasteiger partial charge in [-0.3, -0.25) is 4.79 Å². The zero-order valence-electron chi connectivity index (χ0n) is 15.1. The van der Waals surface area contributed by atoms with Crippen LogP contribution in [0.25, 0.3) is 22.6 Å². The van der Waals surface area contributed by atoms with E-state index >= 15 is 0 Å². The van der Waals surface area contributed by atoms with Crippen molar-refractivity contribution in [2.75, 3.05) is 0 Å². The van der Waals surface area contributed by atoms with E-state index in [2.05, 4.69) is 22.3 Å². The van der Waals surface area contributed by atoms with Gasteiger partial charge in [0.05, 0.1) is 6.42 Å². The van der Waals surface area contributed by atoms with E-state index in [0.29, 0.717) is 18.2 Å². The highest BCUT2D eigenvalue weighted by Crippen LogP contribution is 2.21. The molecule has 4 rings (SSSR count). The normalized spacial score (nSPS) is 10.7. The third kappa shape index (κ3) is 4.53. The van der Waals surface area contributed by atoms with Gasteiger partial charge in [-0.25, -0.2) is 0 Å². The monoisotopic (exact) mass is 390 g/mol. The lowest BCUT2D eigenvalue weighted by atomic mass is 10.0. The maximum absolute atomic E-state index is 12.0. The molecule has 0 aliphatic heterocycles. The number of hydrogen-bond donors (Lipinski definition) is 0. The van der Waals surface area contributed by atoms with E-state index in [-0.39, 0.29) is 19.0 Å². The topological polar surface area (TPSA) is 65.2 Å². The summed E-state index contributed by atoms with van der Waals surface area (Å²) in [5, 5.41) is 11.9. The highest BCUT2D eigenvalue weighted by atomic mass is 32.1. The van der Waals surface area contributed by atoms with E-state index in [1.54, 1.807) is 11.3 Å². The average molecular weight is 390 g/mol. The molecular weight excluding hydrogens is 372 g/mol. The van der Waals surface area contributed by atoms with Crippen LogP contribution in [0.4, 0.5) is 0 Å². The molecule has 0 atom stereocenters. The Morgan fingerprint density at radius 1 is 0.929 bits per heavy atom. The van der Waals surface area contributed by atoms with Crippen LogP contribution < -0.4 is 0 Å². The summed E-state index contributed by atoms with van der Waals surface area (Å²) >= 11 is 1.56. The van der Waals surface area contributed by atoms with Crippen LogP contribution in [0.3, 0.4) is 0 Å². The fraction of sp³-hybridized carbons (Fsp3) is 0.136. The number of aryl methyl sites for hydroxylation is 1. The number of benzene rings is 2. The number of hydrogen-bond acceptors (Lipinski definition) is 6. The molecule has 5 nitrogen and oxygen atoms in total. The van der Waals surface area contributed by atoms with Gasteiger partial charge in [-0.15, -0.1) is 10.2 Å². The molecule has 28 heavy (non-hydrogen) atoms. The van der Waals surface area contributed by atoms with Crippen LogP contribution in [0.5, 0.6) is 0 Å². The lowest BCUT2D eigenvalue weighted by Crippen LogP contribution is -2.06. The molecule has 0 N–H and O–H groups in total. The Hall–Kier alpha value is -3.25. The number of aromatic nitrogens is 2. The fourth-order valence-corrected chi connectivity index (χ4v) is 3.36. The zero-order valence-corrected chi connectivity index (χ0v) is 15.9. The minimum absolute atomic E-state index is 0.202. The van der Waals surface area contributed by atoms with Crippen molar-refractivity contribution in [1.29, 1.82) is 0 Å².